The largest absolute Gasteiger partial charge is 0.457 e. The minimum Gasteiger partial charge on any atom is -0.457 e. The second kappa shape index (κ2) is 3.96. The number of carbonyl (C=O) groups excluding carboxylic acids is 1. The molecule has 5 nitrogen and oxygen atoms in total. The summed E-state index contributed by atoms with van der Waals surface area (Å²) in [6.07, 6.45) is 0.231. The van der Waals surface area contributed by atoms with Crippen LogP contribution in [0.2, 0.25) is 0 Å². The molecular formula is C9H16N2O3. The monoisotopic (exact) mass is 200 g/mol. The Bertz CT molecular complexity index is 245. The Morgan fingerprint density at radius 1 is 1.64 bits per heavy atom. The lowest BCUT2D eigenvalue weighted by Gasteiger charge is -2.25. The van der Waals surface area contributed by atoms with Crippen LogP contribution >= 0.6 is 0 Å². The van der Waals surface area contributed by atoms with Crippen molar-refractivity contribution in [1.82, 2.24) is 4.90 Å². The van der Waals surface area contributed by atoms with Crippen LogP contribution in [0, 0.1) is 0 Å². The van der Waals surface area contributed by atoms with Gasteiger partial charge in [-0.15, -0.1) is 0 Å². The fourth-order valence-electron chi connectivity index (χ4n) is 1.07. The van der Waals surface area contributed by atoms with Crippen molar-refractivity contribution in [3.8, 4) is 0 Å². The summed E-state index contributed by atoms with van der Waals surface area (Å²) in [7, 11) is 0. The molecule has 0 aromatic heterocycles. The van der Waals surface area contributed by atoms with Gasteiger partial charge in [0.15, 0.2) is 0 Å². The Kier molecular flexibility index (Phi) is 3.10. The second-order valence-corrected chi connectivity index (χ2v) is 4.17. The maximum absolute atomic E-state index is 11.4. The van der Waals surface area contributed by atoms with Crippen LogP contribution in [0.25, 0.3) is 0 Å². The first-order valence-corrected chi connectivity index (χ1v) is 4.57. The average Bonchev–Trinajstić information content (AvgIpc) is 2.51. The molecule has 1 rings (SSSR count). The Morgan fingerprint density at radius 2 is 2.29 bits per heavy atom. The van der Waals surface area contributed by atoms with Crippen LogP contribution in [-0.4, -0.2) is 47.2 Å². The van der Waals surface area contributed by atoms with Crippen LogP contribution in [0.4, 0.5) is 0 Å². The van der Waals surface area contributed by atoms with Gasteiger partial charge >= 0.3 is 5.97 Å². The molecule has 5 heteroatoms. The van der Waals surface area contributed by atoms with Gasteiger partial charge < -0.3 is 14.7 Å². The average molecular weight is 200 g/mol. The Morgan fingerprint density at radius 3 is 2.71 bits per heavy atom. The number of aliphatic hydroxyl groups excluding tert-OH is 1. The van der Waals surface area contributed by atoms with E-state index in [1.54, 1.807) is 20.8 Å². The van der Waals surface area contributed by atoms with Crippen molar-refractivity contribution >= 4 is 12.3 Å². The molecule has 0 saturated heterocycles. The number of ether oxygens (including phenoxy) is 1. The smallest absolute Gasteiger partial charge is 0.356 e. The molecule has 1 aliphatic heterocycles. The number of nitrogens with zero attached hydrogens (tertiary/aromatic N) is 2. The zero-order valence-electron chi connectivity index (χ0n) is 8.73. The topological polar surface area (TPSA) is 62.1 Å². The van der Waals surface area contributed by atoms with Crippen molar-refractivity contribution in [2.45, 2.75) is 32.6 Å². The normalized spacial score (nSPS) is 18.4. The van der Waals surface area contributed by atoms with E-state index in [2.05, 4.69) is 4.99 Å². The number of carbonyl (C=O) groups is 1. The fraction of sp³-hybridized carbons (Fsp3) is 0.778. The second-order valence-electron chi connectivity index (χ2n) is 4.17. The molecule has 14 heavy (non-hydrogen) atoms. The van der Waals surface area contributed by atoms with E-state index in [1.165, 1.54) is 11.2 Å². The van der Waals surface area contributed by atoms with Crippen molar-refractivity contribution in [1.29, 1.82) is 0 Å². The third kappa shape index (κ3) is 2.99. The van der Waals surface area contributed by atoms with Crippen molar-refractivity contribution in [3.05, 3.63) is 0 Å². The number of aliphatic hydroxyl groups is 1. The van der Waals surface area contributed by atoms with Gasteiger partial charge in [-0.05, 0) is 20.8 Å². The van der Waals surface area contributed by atoms with Crippen LogP contribution in [0.15, 0.2) is 4.99 Å². The maximum Gasteiger partial charge on any atom is 0.356 e. The van der Waals surface area contributed by atoms with E-state index in [0.717, 1.165) is 0 Å². The Balaban J connectivity index is 2.48. The van der Waals surface area contributed by atoms with Gasteiger partial charge in [-0.3, -0.25) is 4.99 Å². The number of rotatable bonds is 2. The molecule has 0 spiro atoms. The van der Waals surface area contributed by atoms with Crippen LogP contribution in [-0.2, 0) is 9.53 Å². The SMILES string of the molecule is CC(C)(C)OC(=O)C(O)N1C=NCC1. The highest BCUT2D eigenvalue weighted by Crippen LogP contribution is 2.10. The first kappa shape index (κ1) is 11.0. The maximum atomic E-state index is 11.4. The molecule has 0 aliphatic carbocycles. The van der Waals surface area contributed by atoms with Gasteiger partial charge in [0.2, 0.25) is 6.23 Å². The predicted molar refractivity (Wildman–Crippen MR) is 51.9 cm³/mol. The molecule has 80 valence electrons. The molecule has 1 unspecified atom stereocenters. The van der Waals surface area contributed by atoms with Crippen LogP contribution < -0.4 is 0 Å². The van der Waals surface area contributed by atoms with Crippen LogP contribution in [0.3, 0.4) is 0 Å². The van der Waals surface area contributed by atoms with Gasteiger partial charge in [-0.2, -0.15) is 0 Å². The van der Waals surface area contributed by atoms with Gasteiger partial charge in [0.1, 0.15) is 5.60 Å². The van der Waals surface area contributed by atoms with E-state index < -0.39 is 17.8 Å². The predicted octanol–water partition coefficient (Wildman–Crippen LogP) is -0.00960. The van der Waals surface area contributed by atoms with Gasteiger partial charge in [-0.25, -0.2) is 4.79 Å². The minimum atomic E-state index is -1.24. The lowest BCUT2D eigenvalue weighted by Crippen LogP contribution is -2.42. The van der Waals surface area contributed by atoms with E-state index in [0.29, 0.717) is 13.1 Å². The molecule has 1 aliphatic rings. The highest BCUT2D eigenvalue weighted by Gasteiger charge is 2.28. The van der Waals surface area contributed by atoms with Crippen molar-refractivity contribution in [2.24, 2.45) is 4.99 Å². The molecule has 1 heterocycles. The molecule has 1 N–H and O–H groups in total. The summed E-state index contributed by atoms with van der Waals surface area (Å²) >= 11 is 0. The van der Waals surface area contributed by atoms with Gasteiger partial charge in [0.25, 0.3) is 0 Å². The molecule has 0 aromatic carbocycles. The molecule has 0 radical (unpaired) electrons. The number of esters is 1. The lowest BCUT2D eigenvalue weighted by molar-refractivity contribution is -0.171. The number of hydrogen-bond donors (Lipinski definition) is 1. The lowest BCUT2D eigenvalue weighted by atomic mass is 10.2. The summed E-state index contributed by atoms with van der Waals surface area (Å²) in [6.45, 7) is 6.45. The Labute approximate surface area is 83.4 Å². The summed E-state index contributed by atoms with van der Waals surface area (Å²) in [5, 5.41) is 9.54. The molecular weight excluding hydrogens is 184 g/mol. The van der Waals surface area contributed by atoms with Crippen molar-refractivity contribution < 1.29 is 14.6 Å². The number of hydrogen-bond acceptors (Lipinski definition) is 5. The summed E-state index contributed by atoms with van der Waals surface area (Å²) in [5.41, 5.74) is -0.574. The van der Waals surface area contributed by atoms with E-state index in [4.69, 9.17) is 4.74 Å². The molecule has 0 saturated carbocycles. The molecule has 0 amide bonds. The zero-order chi connectivity index (χ0) is 10.8. The van der Waals surface area contributed by atoms with Crippen LogP contribution in [0.5, 0.6) is 0 Å². The Hall–Kier alpha value is -1.10. The third-order valence-electron chi connectivity index (χ3n) is 1.65. The van der Waals surface area contributed by atoms with Gasteiger partial charge in [0, 0.05) is 6.54 Å². The van der Waals surface area contributed by atoms with E-state index >= 15 is 0 Å². The quantitative estimate of drug-likeness (QED) is 0.637. The molecule has 0 fully saturated rings. The minimum absolute atomic E-state index is 0.556. The van der Waals surface area contributed by atoms with Gasteiger partial charge in [-0.1, -0.05) is 0 Å². The zero-order valence-corrected chi connectivity index (χ0v) is 8.73. The van der Waals surface area contributed by atoms with Crippen molar-refractivity contribution in [3.63, 3.8) is 0 Å². The first-order chi connectivity index (χ1) is 6.40. The molecule has 0 bridgehead atoms. The fourth-order valence-corrected chi connectivity index (χ4v) is 1.07. The summed E-state index contributed by atoms with van der Waals surface area (Å²) in [4.78, 5) is 16.7. The van der Waals surface area contributed by atoms with Gasteiger partial charge in [0.05, 0.1) is 12.9 Å². The van der Waals surface area contributed by atoms with E-state index in [9.17, 15) is 9.90 Å². The molecule has 0 aromatic rings. The first-order valence-electron chi connectivity index (χ1n) is 4.57. The summed E-state index contributed by atoms with van der Waals surface area (Å²) in [6, 6.07) is 0. The highest BCUT2D eigenvalue weighted by atomic mass is 16.6. The summed E-state index contributed by atoms with van der Waals surface area (Å²) in [5.74, 6) is -0.633. The van der Waals surface area contributed by atoms with E-state index in [1.807, 2.05) is 0 Å². The van der Waals surface area contributed by atoms with Crippen molar-refractivity contribution in [2.75, 3.05) is 13.1 Å². The summed E-state index contributed by atoms with van der Waals surface area (Å²) < 4.78 is 5.02. The highest BCUT2D eigenvalue weighted by molar-refractivity contribution is 5.77. The molecule has 1 atom stereocenters. The number of aliphatic imine (C=N–C) groups is 1. The third-order valence-corrected chi connectivity index (χ3v) is 1.65. The van der Waals surface area contributed by atoms with E-state index in [-0.39, 0.29) is 0 Å². The standard InChI is InChI=1S/C9H16N2O3/c1-9(2,3)14-8(13)7(12)11-5-4-10-6-11/h6-7,12H,4-5H2,1-3H3. The van der Waals surface area contributed by atoms with Crippen LogP contribution in [0.1, 0.15) is 20.8 Å².